The molecule has 0 radical (unpaired) electrons. The van der Waals surface area contributed by atoms with Crippen molar-refractivity contribution < 1.29 is 0 Å². The zero-order chi connectivity index (χ0) is 14.0. The molecular formula is C17H28N2. The first-order valence-corrected chi connectivity index (χ1v) is 7.50. The summed E-state index contributed by atoms with van der Waals surface area (Å²) >= 11 is 0. The van der Waals surface area contributed by atoms with Crippen LogP contribution in [0.15, 0.2) is 18.2 Å². The minimum Gasteiger partial charge on any atom is -0.370 e. The fourth-order valence-electron chi connectivity index (χ4n) is 3.54. The van der Waals surface area contributed by atoms with Gasteiger partial charge < -0.3 is 10.2 Å². The maximum Gasteiger partial charge on any atom is 0.0428 e. The molecule has 1 unspecified atom stereocenters. The Labute approximate surface area is 118 Å². The van der Waals surface area contributed by atoms with Crippen molar-refractivity contribution >= 4 is 5.69 Å². The molecule has 19 heavy (non-hydrogen) atoms. The van der Waals surface area contributed by atoms with Gasteiger partial charge in [-0.15, -0.1) is 0 Å². The van der Waals surface area contributed by atoms with Crippen LogP contribution in [0.2, 0.25) is 0 Å². The smallest absolute Gasteiger partial charge is 0.0428 e. The van der Waals surface area contributed by atoms with Crippen LogP contribution in [0.3, 0.4) is 0 Å². The summed E-state index contributed by atoms with van der Waals surface area (Å²) in [4.78, 5) is 2.60. The Balaban J connectivity index is 2.29. The lowest BCUT2D eigenvalue weighted by Gasteiger charge is -2.46. The number of hydrogen-bond donors (Lipinski definition) is 1. The van der Waals surface area contributed by atoms with Crippen LogP contribution in [0.1, 0.15) is 38.3 Å². The van der Waals surface area contributed by atoms with Gasteiger partial charge in [-0.05, 0) is 43.4 Å². The van der Waals surface area contributed by atoms with Crippen LogP contribution in [0.4, 0.5) is 5.69 Å². The third-order valence-electron chi connectivity index (χ3n) is 4.60. The molecule has 106 valence electrons. The van der Waals surface area contributed by atoms with Gasteiger partial charge in [-0.2, -0.15) is 0 Å². The quantitative estimate of drug-likeness (QED) is 0.896. The van der Waals surface area contributed by atoms with Crippen molar-refractivity contribution in [2.75, 3.05) is 25.0 Å². The van der Waals surface area contributed by atoms with Gasteiger partial charge in [0.05, 0.1) is 0 Å². The standard InChI is InChI=1S/C17H28N2/c1-6-14-9-7-8-13(2)16(14)19-11-10-15(18-5)17(3,4)12-19/h7-9,15,18H,6,10-12H2,1-5H3. The van der Waals surface area contributed by atoms with Gasteiger partial charge in [-0.3, -0.25) is 0 Å². The first kappa shape index (κ1) is 14.4. The first-order valence-electron chi connectivity index (χ1n) is 7.50. The van der Waals surface area contributed by atoms with E-state index >= 15 is 0 Å². The van der Waals surface area contributed by atoms with Gasteiger partial charge in [-0.25, -0.2) is 0 Å². The molecule has 1 aliphatic rings. The summed E-state index contributed by atoms with van der Waals surface area (Å²) in [5.41, 5.74) is 4.70. The van der Waals surface area contributed by atoms with E-state index < -0.39 is 0 Å². The normalized spacial score (nSPS) is 22.6. The number of nitrogens with zero attached hydrogens (tertiary/aromatic N) is 1. The van der Waals surface area contributed by atoms with Gasteiger partial charge in [0.1, 0.15) is 0 Å². The van der Waals surface area contributed by atoms with Gasteiger partial charge in [0.15, 0.2) is 0 Å². The van der Waals surface area contributed by atoms with Crippen molar-refractivity contribution in [3.63, 3.8) is 0 Å². The predicted molar refractivity (Wildman–Crippen MR) is 84.0 cm³/mol. The number of hydrogen-bond acceptors (Lipinski definition) is 2. The van der Waals surface area contributed by atoms with Crippen LogP contribution in [-0.2, 0) is 6.42 Å². The highest BCUT2D eigenvalue weighted by Crippen LogP contribution is 2.35. The van der Waals surface area contributed by atoms with Gasteiger partial charge in [0.25, 0.3) is 0 Å². The fourth-order valence-corrected chi connectivity index (χ4v) is 3.54. The monoisotopic (exact) mass is 260 g/mol. The van der Waals surface area contributed by atoms with Gasteiger partial charge in [0.2, 0.25) is 0 Å². The number of anilines is 1. The molecule has 1 aromatic carbocycles. The van der Waals surface area contributed by atoms with Gasteiger partial charge >= 0.3 is 0 Å². The molecule has 1 atom stereocenters. The molecule has 1 saturated heterocycles. The van der Waals surface area contributed by atoms with E-state index in [0.29, 0.717) is 11.5 Å². The van der Waals surface area contributed by atoms with Crippen LogP contribution in [0, 0.1) is 12.3 Å². The molecule has 1 fully saturated rings. The second-order valence-electron chi connectivity index (χ2n) is 6.48. The molecule has 0 saturated carbocycles. The molecule has 1 aromatic rings. The molecule has 2 nitrogen and oxygen atoms in total. The SMILES string of the molecule is CCc1cccc(C)c1N1CCC(NC)C(C)(C)C1. The molecule has 0 spiro atoms. The van der Waals surface area contributed by atoms with E-state index in [-0.39, 0.29) is 0 Å². The summed E-state index contributed by atoms with van der Waals surface area (Å²) in [7, 11) is 2.09. The maximum absolute atomic E-state index is 3.48. The molecule has 0 aliphatic carbocycles. The zero-order valence-corrected chi connectivity index (χ0v) is 13.1. The predicted octanol–water partition coefficient (Wildman–Crippen LogP) is 3.38. The maximum atomic E-state index is 3.48. The van der Waals surface area contributed by atoms with Gasteiger partial charge in [-0.1, -0.05) is 39.0 Å². The van der Waals surface area contributed by atoms with Gasteiger partial charge in [0, 0.05) is 24.8 Å². The molecule has 0 amide bonds. The number of para-hydroxylation sites is 1. The van der Waals surface area contributed by atoms with Crippen molar-refractivity contribution in [1.82, 2.24) is 5.32 Å². The number of benzene rings is 1. The van der Waals surface area contributed by atoms with Crippen molar-refractivity contribution in [2.24, 2.45) is 5.41 Å². The minimum atomic E-state index is 0.320. The lowest BCUT2D eigenvalue weighted by molar-refractivity contribution is 0.214. The molecule has 1 N–H and O–H groups in total. The van der Waals surface area contributed by atoms with Crippen LogP contribution < -0.4 is 10.2 Å². The highest BCUT2D eigenvalue weighted by molar-refractivity contribution is 5.60. The number of aryl methyl sites for hydroxylation is 2. The highest BCUT2D eigenvalue weighted by atomic mass is 15.2. The number of piperidine rings is 1. The van der Waals surface area contributed by atoms with E-state index in [0.717, 1.165) is 19.5 Å². The van der Waals surface area contributed by atoms with E-state index in [4.69, 9.17) is 0 Å². The molecule has 1 aliphatic heterocycles. The third kappa shape index (κ3) is 2.79. The Kier molecular flexibility index (Phi) is 4.19. The van der Waals surface area contributed by atoms with Crippen LogP contribution >= 0.6 is 0 Å². The molecular weight excluding hydrogens is 232 g/mol. The van der Waals surface area contributed by atoms with Crippen LogP contribution in [-0.4, -0.2) is 26.2 Å². The lowest BCUT2D eigenvalue weighted by Crippen LogP contribution is -2.53. The Morgan fingerprint density at radius 3 is 2.68 bits per heavy atom. The average molecular weight is 260 g/mol. The summed E-state index contributed by atoms with van der Waals surface area (Å²) in [5, 5.41) is 3.48. The first-order chi connectivity index (χ1) is 8.99. The summed E-state index contributed by atoms with van der Waals surface area (Å²) in [6.45, 7) is 11.5. The summed E-state index contributed by atoms with van der Waals surface area (Å²) in [6.07, 6.45) is 2.34. The Bertz CT molecular complexity index is 437. The van der Waals surface area contributed by atoms with E-state index in [1.807, 2.05) is 0 Å². The van der Waals surface area contributed by atoms with E-state index in [9.17, 15) is 0 Å². The van der Waals surface area contributed by atoms with Crippen LogP contribution in [0.25, 0.3) is 0 Å². The Morgan fingerprint density at radius 2 is 2.11 bits per heavy atom. The molecule has 1 heterocycles. The summed E-state index contributed by atoms with van der Waals surface area (Å²) in [5.74, 6) is 0. The zero-order valence-electron chi connectivity index (χ0n) is 13.1. The third-order valence-corrected chi connectivity index (χ3v) is 4.60. The van der Waals surface area contributed by atoms with Crippen molar-refractivity contribution in [2.45, 2.75) is 46.6 Å². The second kappa shape index (κ2) is 5.54. The second-order valence-corrected chi connectivity index (χ2v) is 6.48. The largest absolute Gasteiger partial charge is 0.370 e. The average Bonchev–Trinajstić information content (AvgIpc) is 2.37. The Morgan fingerprint density at radius 1 is 1.37 bits per heavy atom. The molecule has 0 bridgehead atoms. The van der Waals surface area contributed by atoms with E-state index in [1.54, 1.807) is 0 Å². The molecule has 2 heteroatoms. The van der Waals surface area contributed by atoms with Crippen molar-refractivity contribution in [1.29, 1.82) is 0 Å². The van der Waals surface area contributed by atoms with E-state index in [2.05, 4.69) is 63.2 Å². The minimum absolute atomic E-state index is 0.320. The topological polar surface area (TPSA) is 15.3 Å². The van der Waals surface area contributed by atoms with Crippen LogP contribution in [0.5, 0.6) is 0 Å². The van der Waals surface area contributed by atoms with E-state index in [1.165, 1.54) is 23.2 Å². The summed E-state index contributed by atoms with van der Waals surface area (Å²) < 4.78 is 0. The summed E-state index contributed by atoms with van der Waals surface area (Å²) in [6, 6.07) is 7.33. The molecule has 0 aromatic heterocycles. The molecule has 2 rings (SSSR count). The Hall–Kier alpha value is -1.02. The highest BCUT2D eigenvalue weighted by Gasteiger charge is 2.35. The fraction of sp³-hybridized carbons (Fsp3) is 0.647. The number of rotatable bonds is 3. The van der Waals surface area contributed by atoms with Crippen molar-refractivity contribution in [3.8, 4) is 0 Å². The lowest BCUT2D eigenvalue weighted by atomic mass is 9.78. The van der Waals surface area contributed by atoms with Crippen molar-refractivity contribution in [3.05, 3.63) is 29.3 Å². The number of nitrogens with one attached hydrogen (secondary N) is 1.